The van der Waals surface area contributed by atoms with Gasteiger partial charge in [-0.3, -0.25) is 0 Å². The molecule has 0 saturated carbocycles. The molecule has 1 aromatic carbocycles. The van der Waals surface area contributed by atoms with E-state index in [-0.39, 0.29) is 17.6 Å². The third-order valence-electron chi connectivity index (χ3n) is 4.32. The van der Waals surface area contributed by atoms with Gasteiger partial charge in [0.2, 0.25) is 0 Å². The molecule has 0 amide bonds. The minimum absolute atomic E-state index is 0.0930. The Labute approximate surface area is 142 Å². The Balaban J connectivity index is 1.78. The standard InChI is InChI=1S/C17H14ClFN4O/c18-17-16-12(20-9-21-17)4-6-15(22-16)23-7-1-2-13(23)11-8-10(19)3-5-14(11)24/h3-6,8-9,13,24H,1-2,7H2/t13-/m1/s1. The van der Waals surface area contributed by atoms with Crippen molar-refractivity contribution in [2.45, 2.75) is 18.9 Å². The first-order chi connectivity index (χ1) is 11.6. The maximum Gasteiger partial charge on any atom is 0.158 e. The molecule has 7 heteroatoms. The predicted octanol–water partition coefficient (Wildman–Crippen LogP) is 3.86. The van der Waals surface area contributed by atoms with E-state index in [0.717, 1.165) is 19.4 Å². The Morgan fingerprint density at radius 2 is 2.08 bits per heavy atom. The van der Waals surface area contributed by atoms with E-state index < -0.39 is 0 Å². The molecule has 0 aliphatic carbocycles. The van der Waals surface area contributed by atoms with Crippen LogP contribution in [0.25, 0.3) is 11.0 Å². The van der Waals surface area contributed by atoms with Gasteiger partial charge < -0.3 is 10.0 Å². The minimum atomic E-state index is -0.363. The number of hydrogen-bond donors (Lipinski definition) is 1. The molecule has 122 valence electrons. The zero-order chi connectivity index (χ0) is 16.7. The van der Waals surface area contributed by atoms with E-state index in [9.17, 15) is 9.50 Å². The molecule has 1 fully saturated rings. The van der Waals surface area contributed by atoms with Gasteiger partial charge in [0.05, 0.1) is 11.6 Å². The van der Waals surface area contributed by atoms with Crippen LogP contribution in [0.4, 0.5) is 10.2 Å². The summed E-state index contributed by atoms with van der Waals surface area (Å²) in [5, 5.41) is 10.4. The Bertz CT molecular complexity index is 920. The van der Waals surface area contributed by atoms with Crippen LogP contribution in [-0.4, -0.2) is 26.6 Å². The number of halogens is 2. The lowest BCUT2D eigenvalue weighted by Crippen LogP contribution is -2.23. The molecule has 1 atom stereocenters. The number of benzene rings is 1. The molecule has 0 bridgehead atoms. The summed E-state index contributed by atoms with van der Waals surface area (Å²) in [5.74, 6) is 0.443. The summed E-state index contributed by atoms with van der Waals surface area (Å²) >= 11 is 6.11. The Hall–Kier alpha value is -2.47. The van der Waals surface area contributed by atoms with Gasteiger partial charge in [-0.05, 0) is 43.2 Å². The maximum absolute atomic E-state index is 13.6. The van der Waals surface area contributed by atoms with Crippen molar-refractivity contribution in [3.05, 3.63) is 53.2 Å². The fourth-order valence-electron chi connectivity index (χ4n) is 3.22. The number of fused-ring (bicyclic) bond motifs is 1. The maximum atomic E-state index is 13.6. The number of phenolic OH excluding ortho intramolecular Hbond substituents is 1. The van der Waals surface area contributed by atoms with E-state index in [1.165, 1.54) is 24.5 Å². The third kappa shape index (κ3) is 2.53. The summed E-state index contributed by atoms with van der Waals surface area (Å²) in [6.45, 7) is 0.768. The molecular formula is C17H14ClFN4O. The highest BCUT2D eigenvalue weighted by Gasteiger charge is 2.29. The number of rotatable bonds is 2. The van der Waals surface area contributed by atoms with Crippen LogP contribution in [0.1, 0.15) is 24.4 Å². The first-order valence-electron chi connectivity index (χ1n) is 7.66. The zero-order valence-electron chi connectivity index (χ0n) is 12.7. The predicted molar refractivity (Wildman–Crippen MR) is 89.7 cm³/mol. The van der Waals surface area contributed by atoms with Gasteiger partial charge in [0.25, 0.3) is 0 Å². The quantitative estimate of drug-likeness (QED) is 0.715. The number of anilines is 1. The number of aromatic nitrogens is 3. The van der Waals surface area contributed by atoms with E-state index in [2.05, 4.69) is 19.9 Å². The summed E-state index contributed by atoms with van der Waals surface area (Å²) < 4.78 is 13.6. The van der Waals surface area contributed by atoms with Crippen LogP contribution in [0.2, 0.25) is 5.15 Å². The summed E-state index contributed by atoms with van der Waals surface area (Å²) in [7, 11) is 0. The van der Waals surface area contributed by atoms with Crippen molar-refractivity contribution < 1.29 is 9.50 Å². The van der Waals surface area contributed by atoms with Gasteiger partial charge in [0.1, 0.15) is 29.2 Å². The number of hydrogen-bond acceptors (Lipinski definition) is 5. The average Bonchev–Trinajstić information content (AvgIpc) is 3.06. The van der Waals surface area contributed by atoms with E-state index in [4.69, 9.17) is 11.6 Å². The van der Waals surface area contributed by atoms with Crippen LogP contribution in [0.5, 0.6) is 5.75 Å². The van der Waals surface area contributed by atoms with Crippen LogP contribution in [0.3, 0.4) is 0 Å². The van der Waals surface area contributed by atoms with Gasteiger partial charge in [-0.25, -0.2) is 19.3 Å². The topological polar surface area (TPSA) is 62.1 Å². The molecule has 3 heterocycles. The number of pyridine rings is 1. The largest absolute Gasteiger partial charge is 0.508 e. The Morgan fingerprint density at radius 3 is 2.96 bits per heavy atom. The molecule has 0 unspecified atom stereocenters. The molecule has 0 spiro atoms. The molecule has 4 rings (SSSR count). The van der Waals surface area contributed by atoms with Gasteiger partial charge >= 0.3 is 0 Å². The summed E-state index contributed by atoms with van der Waals surface area (Å²) in [6, 6.07) is 7.60. The molecule has 3 aromatic rings. The fraction of sp³-hybridized carbons (Fsp3) is 0.235. The van der Waals surface area contributed by atoms with Crippen molar-refractivity contribution in [1.29, 1.82) is 0 Å². The second kappa shape index (κ2) is 5.87. The number of aromatic hydroxyl groups is 1. The minimum Gasteiger partial charge on any atom is -0.508 e. The van der Waals surface area contributed by atoms with Crippen molar-refractivity contribution in [2.75, 3.05) is 11.4 Å². The highest BCUT2D eigenvalue weighted by Crippen LogP contribution is 2.39. The summed E-state index contributed by atoms with van der Waals surface area (Å²) in [6.07, 6.45) is 3.14. The van der Waals surface area contributed by atoms with Gasteiger partial charge in [-0.1, -0.05) is 11.6 Å². The molecule has 1 aliphatic rings. The highest BCUT2D eigenvalue weighted by molar-refractivity contribution is 6.33. The summed E-state index contributed by atoms with van der Waals surface area (Å²) in [5.41, 5.74) is 1.78. The lowest BCUT2D eigenvalue weighted by atomic mass is 10.0. The second-order valence-corrected chi connectivity index (χ2v) is 6.11. The van der Waals surface area contributed by atoms with E-state index in [0.29, 0.717) is 27.6 Å². The van der Waals surface area contributed by atoms with Crippen LogP contribution >= 0.6 is 11.6 Å². The van der Waals surface area contributed by atoms with Crippen molar-refractivity contribution in [1.82, 2.24) is 15.0 Å². The van der Waals surface area contributed by atoms with E-state index in [1.54, 1.807) is 0 Å². The first-order valence-corrected chi connectivity index (χ1v) is 8.03. The molecule has 24 heavy (non-hydrogen) atoms. The van der Waals surface area contributed by atoms with Gasteiger partial charge in [0, 0.05) is 12.1 Å². The molecule has 1 aliphatic heterocycles. The Morgan fingerprint density at radius 1 is 1.21 bits per heavy atom. The van der Waals surface area contributed by atoms with Crippen LogP contribution < -0.4 is 4.90 Å². The van der Waals surface area contributed by atoms with Crippen molar-refractivity contribution in [3.8, 4) is 5.75 Å². The Kier molecular flexibility index (Phi) is 3.69. The van der Waals surface area contributed by atoms with Crippen molar-refractivity contribution >= 4 is 28.5 Å². The zero-order valence-corrected chi connectivity index (χ0v) is 13.4. The SMILES string of the molecule is Oc1ccc(F)cc1[C@H]1CCCN1c1ccc2ncnc(Cl)c2n1. The molecule has 0 radical (unpaired) electrons. The summed E-state index contributed by atoms with van der Waals surface area (Å²) in [4.78, 5) is 14.7. The number of phenols is 1. The van der Waals surface area contributed by atoms with Gasteiger partial charge in [0.15, 0.2) is 5.15 Å². The second-order valence-electron chi connectivity index (χ2n) is 5.76. The first kappa shape index (κ1) is 15.1. The normalized spacial score (nSPS) is 17.6. The average molecular weight is 345 g/mol. The van der Waals surface area contributed by atoms with Gasteiger partial charge in [-0.15, -0.1) is 0 Å². The van der Waals surface area contributed by atoms with Crippen LogP contribution in [0.15, 0.2) is 36.7 Å². The van der Waals surface area contributed by atoms with Crippen molar-refractivity contribution in [2.24, 2.45) is 0 Å². The molecule has 2 aromatic heterocycles. The van der Waals surface area contributed by atoms with Crippen LogP contribution in [0, 0.1) is 5.82 Å². The van der Waals surface area contributed by atoms with Crippen LogP contribution in [-0.2, 0) is 0 Å². The van der Waals surface area contributed by atoms with E-state index in [1.807, 2.05) is 12.1 Å². The molecule has 1 N–H and O–H groups in total. The number of nitrogens with zero attached hydrogens (tertiary/aromatic N) is 4. The van der Waals surface area contributed by atoms with Gasteiger partial charge in [-0.2, -0.15) is 0 Å². The monoisotopic (exact) mass is 344 g/mol. The lowest BCUT2D eigenvalue weighted by Gasteiger charge is -2.26. The highest BCUT2D eigenvalue weighted by atomic mass is 35.5. The van der Waals surface area contributed by atoms with Crippen molar-refractivity contribution in [3.63, 3.8) is 0 Å². The smallest absolute Gasteiger partial charge is 0.158 e. The molecule has 5 nitrogen and oxygen atoms in total. The molecular weight excluding hydrogens is 331 g/mol. The third-order valence-corrected chi connectivity index (χ3v) is 4.59. The fourth-order valence-corrected chi connectivity index (χ4v) is 3.40. The lowest BCUT2D eigenvalue weighted by molar-refractivity contribution is 0.458. The molecule has 1 saturated heterocycles. The van der Waals surface area contributed by atoms with E-state index >= 15 is 0 Å².